The average Bonchev–Trinajstić information content (AvgIpc) is 3.13. The van der Waals surface area contributed by atoms with Crippen molar-refractivity contribution in [3.05, 3.63) is 36.1 Å². The van der Waals surface area contributed by atoms with Crippen molar-refractivity contribution < 1.29 is 14.3 Å². The van der Waals surface area contributed by atoms with Crippen LogP contribution in [0.4, 0.5) is 0 Å². The maximum Gasteiger partial charge on any atom is 0.134 e. The Morgan fingerprint density at radius 3 is 3.04 bits per heavy atom. The van der Waals surface area contributed by atoms with Gasteiger partial charge in [-0.15, -0.1) is 0 Å². The lowest BCUT2D eigenvalue weighted by Gasteiger charge is -2.43. The molecule has 4 rings (SSSR count). The molecule has 2 saturated heterocycles. The highest BCUT2D eigenvalue weighted by Gasteiger charge is 2.44. The molecule has 3 atom stereocenters. The topological polar surface area (TPSA) is 45.8 Å². The van der Waals surface area contributed by atoms with E-state index in [0.29, 0.717) is 19.3 Å². The van der Waals surface area contributed by atoms with Gasteiger partial charge in [0.05, 0.1) is 18.8 Å². The predicted octanol–water partition coefficient (Wildman–Crippen LogP) is 3.18. The summed E-state index contributed by atoms with van der Waals surface area (Å²) >= 11 is 0. The van der Waals surface area contributed by atoms with E-state index in [0.717, 1.165) is 42.7 Å². The highest BCUT2D eigenvalue weighted by atomic mass is 16.5. The van der Waals surface area contributed by atoms with Gasteiger partial charge >= 0.3 is 0 Å². The van der Waals surface area contributed by atoms with Gasteiger partial charge < -0.3 is 14.3 Å². The summed E-state index contributed by atoms with van der Waals surface area (Å²) in [6, 6.07) is 10.7. The van der Waals surface area contributed by atoms with Gasteiger partial charge in [0, 0.05) is 24.0 Å². The number of furan rings is 1. The second kappa shape index (κ2) is 5.93. The van der Waals surface area contributed by atoms with Gasteiger partial charge in [0.1, 0.15) is 11.3 Å². The van der Waals surface area contributed by atoms with Crippen LogP contribution >= 0.6 is 0 Å². The Hall–Kier alpha value is -1.36. The summed E-state index contributed by atoms with van der Waals surface area (Å²) < 4.78 is 11.6. The third-order valence-corrected chi connectivity index (χ3v) is 5.56. The molecule has 1 aromatic carbocycles. The number of likely N-dealkylation sites (tertiary alicyclic amines) is 1. The van der Waals surface area contributed by atoms with Crippen LogP contribution in [0.5, 0.6) is 0 Å². The first kappa shape index (κ1) is 15.2. The zero-order chi connectivity index (χ0) is 15.9. The number of hydrogen-bond donors (Lipinski definition) is 1. The van der Waals surface area contributed by atoms with Gasteiger partial charge in [-0.25, -0.2) is 0 Å². The molecule has 0 bridgehead atoms. The minimum absolute atomic E-state index is 0.183. The molecule has 4 nitrogen and oxygen atoms in total. The Labute approximate surface area is 137 Å². The molecule has 0 aliphatic carbocycles. The van der Waals surface area contributed by atoms with Crippen LogP contribution < -0.4 is 0 Å². The van der Waals surface area contributed by atoms with Crippen LogP contribution in [0.1, 0.15) is 31.9 Å². The number of aliphatic hydroxyl groups is 1. The lowest BCUT2D eigenvalue weighted by molar-refractivity contribution is -0.124. The number of para-hydroxylation sites is 1. The molecule has 2 aromatic rings. The van der Waals surface area contributed by atoms with E-state index < -0.39 is 5.60 Å². The summed E-state index contributed by atoms with van der Waals surface area (Å²) in [4.78, 5) is 2.46. The average molecular weight is 315 g/mol. The number of nitrogens with zero attached hydrogens (tertiary/aromatic N) is 1. The van der Waals surface area contributed by atoms with E-state index in [4.69, 9.17) is 9.15 Å². The Kier molecular flexibility index (Phi) is 3.92. The molecule has 1 aromatic heterocycles. The summed E-state index contributed by atoms with van der Waals surface area (Å²) in [6.45, 7) is 5.17. The van der Waals surface area contributed by atoms with Gasteiger partial charge in [-0.2, -0.15) is 0 Å². The van der Waals surface area contributed by atoms with Crippen molar-refractivity contribution >= 4 is 11.0 Å². The Balaban J connectivity index is 1.53. The second-order valence-electron chi connectivity index (χ2n) is 7.22. The van der Waals surface area contributed by atoms with E-state index in [9.17, 15) is 5.11 Å². The quantitative estimate of drug-likeness (QED) is 0.945. The van der Waals surface area contributed by atoms with Gasteiger partial charge in [0.2, 0.25) is 0 Å². The van der Waals surface area contributed by atoms with E-state index >= 15 is 0 Å². The number of rotatable bonds is 3. The standard InChI is InChI=1S/C19H25NO3/c1-19(21)8-10-22-13-16(19)17-6-4-9-20(17)12-15-11-14-5-2-3-7-18(14)23-15/h2-3,5,7,11,16-17,21H,4,6,8-10,12-13H2,1H3/t16-,17+,19-/m0/s1. The molecular formula is C19H25NO3. The smallest absolute Gasteiger partial charge is 0.134 e. The zero-order valence-corrected chi connectivity index (χ0v) is 13.7. The number of benzene rings is 1. The molecular weight excluding hydrogens is 290 g/mol. The SMILES string of the molecule is C[C@]1(O)CCOC[C@H]1[C@H]1CCCN1Cc1cc2ccccc2o1. The first-order chi connectivity index (χ1) is 11.1. The van der Waals surface area contributed by atoms with Crippen LogP contribution in [0.15, 0.2) is 34.7 Å². The molecule has 0 spiro atoms. The molecule has 124 valence electrons. The second-order valence-corrected chi connectivity index (χ2v) is 7.22. The van der Waals surface area contributed by atoms with Crippen molar-refractivity contribution in [2.75, 3.05) is 19.8 Å². The van der Waals surface area contributed by atoms with Gasteiger partial charge in [-0.1, -0.05) is 18.2 Å². The first-order valence-electron chi connectivity index (χ1n) is 8.65. The Morgan fingerprint density at radius 2 is 2.22 bits per heavy atom. The minimum atomic E-state index is -0.626. The normalized spacial score (nSPS) is 32.6. The molecule has 2 fully saturated rings. The Bertz CT molecular complexity index is 645. The fourth-order valence-corrected chi connectivity index (χ4v) is 4.20. The molecule has 4 heteroatoms. The van der Waals surface area contributed by atoms with E-state index in [2.05, 4.69) is 17.0 Å². The van der Waals surface area contributed by atoms with Crippen LogP contribution in [0.2, 0.25) is 0 Å². The van der Waals surface area contributed by atoms with Crippen molar-refractivity contribution in [2.24, 2.45) is 5.92 Å². The molecule has 1 N–H and O–H groups in total. The maximum absolute atomic E-state index is 10.8. The first-order valence-corrected chi connectivity index (χ1v) is 8.65. The largest absolute Gasteiger partial charge is 0.460 e. The summed E-state index contributed by atoms with van der Waals surface area (Å²) in [6.07, 6.45) is 3.04. The van der Waals surface area contributed by atoms with E-state index in [1.54, 1.807) is 0 Å². The summed E-state index contributed by atoms with van der Waals surface area (Å²) in [5, 5.41) is 11.9. The van der Waals surface area contributed by atoms with Gasteiger partial charge in [0.15, 0.2) is 0 Å². The molecule has 0 radical (unpaired) electrons. The van der Waals surface area contributed by atoms with Crippen molar-refractivity contribution in [2.45, 2.75) is 44.4 Å². The minimum Gasteiger partial charge on any atom is -0.460 e. The highest BCUT2D eigenvalue weighted by molar-refractivity contribution is 5.77. The van der Waals surface area contributed by atoms with Gasteiger partial charge in [-0.3, -0.25) is 4.90 Å². The monoisotopic (exact) mass is 315 g/mol. The molecule has 0 unspecified atom stereocenters. The third kappa shape index (κ3) is 2.91. The summed E-state index contributed by atoms with van der Waals surface area (Å²) in [5.41, 5.74) is 0.325. The van der Waals surface area contributed by atoms with E-state index in [1.807, 2.05) is 25.1 Å². The van der Waals surface area contributed by atoms with Crippen molar-refractivity contribution in [1.29, 1.82) is 0 Å². The molecule has 0 saturated carbocycles. The zero-order valence-electron chi connectivity index (χ0n) is 13.7. The van der Waals surface area contributed by atoms with Crippen LogP contribution in [0, 0.1) is 5.92 Å². The number of hydrogen-bond acceptors (Lipinski definition) is 4. The number of ether oxygens (including phenoxy) is 1. The van der Waals surface area contributed by atoms with Gasteiger partial charge in [0.25, 0.3) is 0 Å². The van der Waals surface area contributed by atoms with Crippen LogP contribution in [0.3, 0.4) is 0 Å². The third-order valence-electron chi connectivity index (χ3n) is 5.56. The molecule has 2 aliphatic heterocycles. The lowest BCUT2D eigenvalue weighted by atomic mass is 9.79. The van der Waals surface area contributed by atoms with Crippen LogP contribution in [-0.4, -0.2) is 41.4 Å². The fourth-order valence-electron chi connectivity index (χ4n) is 4.20. The predicted molar refractivity (Wildman–Crippen MR) is 89.2 cm³/mol. The van der Waals surface area contributed by atoms with Crippen LogP contribution in [0.25, 0.3) is 11.0 Å². The molecule has 3 heterocycles. The van der Waals surface area contributed by atoms with E-state index in [-0.39, 0.29) is 5.92 Å². The van der Waals surface area contributed by atoms with Crippen molar-refractivity contribution in [3.63, 3.8) is 0 Å². The van der Waals surface area contributed by atoms with Gasteiger partial charge in [-0.05, 0) is 44.9 Å². The van der Waals surface area contributed by atoms with Crippen LogP contribution in [-0.2, 0) is 11.3 Å². The summed E-state index contributed by atoms with van der Waals surface area (Å²) in [7, 11) is 0. The lowest BCUT2D eigenvalue weighted by Crippen LogP contribution is -2.52. The maximum atomic E-state index is 10.8. The molecule has 2 aliphatic rings. The Morgan fingerprint density at radius 1 is 1.35 bits per heavy atom. The number of fused-ring (bicyclic) bond motifs is 1. The molecule has 0 amide bonds. The fraction of sp³-hybridized carbons (Fsp3) is 0.579. The van der Waals surface area contributed by atoms with E-state index in [1.165, 1.54) is 6.42 Å². The van der Waals surface area contributed by atoms with Crippen molar-refractivity contribution in [1.82, 2.24) is 4.90 Å². The highest BCUT2D eigenvalue weighted by Crippen LogP contribution is 2.36. The van der Waals surface area contributed by atoms with Crippen molar-refractivity contribution in [3.8, 4) is 0 Å². The molecule has 23 heavy (non-hydrogen) atoms. The summed E-state index contributed by atoms with van der Waals surface area (Å²) in [5.74, 6) is 1.19.